The van der Waals surface area contributed by atoms with E-state index in [-0.39, 0.29) is 11.7 Å². The maximum atomic E-state index is 13.1. The van der Waals surface area contributed by atoms with Gasteiger partial charge in [0.15, 0.2) is 5.78 Å². The van der Waals surface area contributed by atoms with E-state index in [0.29, 0.717) is 36.7 Å². The number of benzene rings is 1. The number of amides is 1. The number of thiocarbonyl (C=S) groups is 1. The van der Waals surface area contributed by atoms with E-state index >= 15 is 0 Å². The number of aldehydes is 1. The van der Waals surface area contributed by atoms with E-state index in [1.807, 2.05) is 0 Å². The number of nitrogens with one attached hydrogen (secondary N) is 1. The molecule has 1 aliphatic carbocycles. The molecule has 0 spiro atoms. The second kappa shape index (κ2) is 9.48. The number of nitrogens with zero attached hydrogens (tertiary/aromatic N) is 1. The van der Waals surface area contributed by atoms with Gasteiger partial charge in [-0.25, -0.2) is 0 Å². The molecule has 0 radical (unpaired) electrons. The summed E-state index contributed by atoms with van der Waals surface area (Å²) in [7, 11) is 0. The standard InChI is InChI=1S/C24H30N2O3S/c27-15-19-23(21(30)14-25-19)24(29)20-8-4-12-26(20)22(28)9-3-5-16-10-11-17-6-1-2-7-18(17)13-16/h1-2,6-7,15-16,19-20,23,25H,3-5,8-14H2/t16-,19+,20-,23?/m0/s1. The average Bonchev–Trinajstić information content (AvgIpc) is 3.40. The fraction of sp³-hybridized carbons (Fsp3) is 0.583. The largest absolute Gasteiger partial charge is 0.333 e. The van der Waals surface area contributed by atoms with E-state index in [4.69, 9.17) is 12.2 Å². The first kappa shape index (κ1) is 21.3. The number of aryl methyl sites for hydroxylation is 1. The third-order valence-electron chi connectivity index (χ3n) is 7.02. The summed E-state index contributed by atoms with van der Waals surface area (Å²) in [5.41, 5.74) is 2.92. The van der Waals surface area contributed by atoms with Gasteiger partial charge in [0, 0.05) is 24.4 Å². The predicted molar refractivity (Wildman–Crippen MR) is 119 cm³/mol. The van der Waals surface area contributed by atoms with Gasteiger partial charge >= 0.3 is 0 Å². The molecule has 160 valence electrons. The lowest BCUT2D eigenvalue weighted by molar-refractivity contribution is -0.138. The summed E-state index contributed by atoms with van der Waals surface area (Å²) in [6.07, 6.45) is 8.11. The summed E-state index contributed by atoms with van der Waals surface area (Å²) < 4.78 is 0. The van der Waals surface area contributed by atoms with Crippen molar-refractivity contribution in [1.82, 2.24) is 10.2 Å². The van der Waals surface area contributed by atoms with Gasteiger partial charge in [0.1, 0.15) is 6.29 Å². The van der Waals surface area contributed by atoms with Crippen molar-refractivity contribution in [3.05, 3.63) is 35.4 Å². The quantitative estimate of drug-likeness (QED) is 0.536. The number of carbonyl (C=O) groups is 3. The monoisotopic (exact) mass is 426 g/mol. The molecule has 0 bridgehead atoms. The predicted octanol–water partition coefficient (Wildman–Crippen LogP) is 2.68. The molecule has 1 amide bonds. The van der Waals surface area contributed by atoms with E-state index < -0.39 is 18.0 Å². The Morgan fingerprint density at radius 3 is 2.80 bits per heavy atom. The Bertz CT molecular complexity index is 839. The minimum Gasteiger partial charge on any atom is -0.333 e. The molecule has 2 aliphatic heterocycles. The number of Topliss-reactive ketones (excluding diaryl/α,β-unsaturated/α-hetero) is 1. The topological polar surface area (TPSA) is 66.5 Å². The molecule has 6 heteroatoms. The summed E-state index contributed by atoms with van der Waals surface area (Å²) >= 11 is 5.32. The average molecular weight is 427 g/mol. The summed E-state index contributed by atoms with van der Waals surface area (Å²) in [4.78, 5) is 39.7. The van der Waals surface area contributed by atoms with E-state index in [0.717, 1.165) is 38.4 Å². The molecule has 3 aliphatic rings. The van der Waals surface area contributed by atoms with Crippen LogP contribution in [0.4, 0.5) is 0 Å². The van der Waals surface area contributed by atoms with Gasteiger partial charge in [0.05, 0.1) is 18.0 Å². The lowest BCUT2D eigenvalue weighted by Gasteiger charge is -2.27. The lowest BCUT2D eigenvalue weighted by atomic mass is 9.81. The summed E-state index contributed by atoms with van der Waals surface area (Å²) in [5, 5.41) is 3.00. The van der Waals surface area contributed by atoms with Gasteiger partial charge < -0.3 is 15.0 Å². The van der Waals surface area contributed by atoms with Gasteiger partial charge in [-0.05, 0) is 62.0 Å². The summed E-state index contributed by atoms with van der Waals surface area (Å²) in [6, 6.07) is 7.69. The number of rotatable bonds is 7. The number of fused-ring (bicyclic) bond motifs is 1. The first-order chi connectivity index (χ1) is 14.6. The molecule has 1 N–H and O–H groups in total. The Morgan fingerprint density at radius 1 is 1.20 bits per heavy atom. The molecule has 5 nitrogen and oxygen atoms in total. The molecule has 4 atom stereocenters. The van der Waals surface area contributed by atoms with Gasteiger partial charge in [-0.1, -0.05) is 36.5 Å². The SMILES string of the molecule is O=C[C@H]1NCC(=S)C1C(=O)[C@@H]1CCCN1C(=O)CCC[C@H]1CCc2ccccc2C1. The van der Waals surface area contributed by atoms with Gasteiger partial charge in [0.25, 0.3) is 0 Å². The highest BCUT2D eigenvalue weighted by atomic mass is 32.1. The molecular weight excluding hydrogens is 396 g/mol. The molecule has 2 saturated heterocycles. The van der Waals surface area contributed by atoms with Crippen LogP contribution in [0.15, 0.2) is 24.3 Å². The van der Waals surface area contributed by atoms with Gasteiger partial charge in [-0.2, -0.15) is 0 Å². The van der Waals surface area contributed by atoms with Crippen molar-refractivity contribution in [2.75, 3.05) is 13.1 Å². The van der Waals surface area contributed by atoms with Crippen LogP contribution in [0.25, 0.3) is 0 Å². The van der Waals surface area contributed by atoms with Gasteiger partial charge in [-0.15, -0.1) is 0 Å². The Balaban J connectivity index is 1.29. The smallest absolute Gasteiger partial charge is 0.223 e. The maximum absolute atomic E-state index is 13.1. The van der Waals surface area contributed by atoms with Crippen molar-refractivity contribution in [3.8, 4) is 0 Å². The van der Waals surface area contributed by atoms with Crippen molar-refractivity contribution in [3.63, 3.8) is 0 Å². The van der Waals surface area contributed by atoms with Crippen LogP contribution in [0, 0.1) is 11.8 Å². The summed E-state index contributed by atoms with van der Waals surface area (Å²) in [6.45, 7) is 1.05. The maximum Gasteiger partial charge on any atom is 0.223 e. The molecule has 1 unspecified atom stereocenters. The van der Waals surface area contributed by atoms with E-state index in [2.05, 4.69) is 29.6 Å². The van der Waals surface area contributed by atoms with Crippen molar-refractivity contribution >= 4 is 35.1 Å². The molecule has 1 aromatic rings. The highest BCUT2D eigenvalue weighted by Crippen LogP contribution is 2.30. The molecule has 30 heavy (non-hydrogen) atoms. The summed E-state index contributed by atoms with van der Waals surface area (Å²) in [5.74, 6) is 0.0793. The Hall–Kier alpha value is -1.92. The fourth-order valence-corrected chi connectivity index (χ4v) is 5.73. The Morgan fingerprint density at radius 2 is 2.00 bits per heavy atom. The molecule has 2 heterocycles. The van der Waals surface area contributed by atoms with Crippen molar-refractivity contribution < 1.29 is 14.4 Å². The zero-order valence-corrected chi connectivity index (χ0v) is 18.2. The highest BCUT2D eigenvalue weighted by molar-refractivity contribution is 7.80. The molecule has 0 aromatic heterocycles. The van der Waals surface area contributed by atoms with Crippen LogP contribution >= 0.6 is 12.2 Å². The first-order valence-electron chi connectivity index (χ1n) is 11.2. The zero-order valence-electron chi connectivity index (χ0n) is 17.3. The lowest BCUT2D eigenvalue weighted by Crippen LogP contribution is -2.47. The molecular formula is C24H30N2O3S. The fourth-order valence-electron chi connectivity index (χ4n) is 5.38. The second-order valence-electron chi connectivity index (χ2n) is 8.90. The molecule has 2 fully saturated rings. The van der Waals surface area contributed by atoms with Crippen molar-refractivity contribution in [2.24, 2.45) is 11.8 Å². The minimum absolute atomic E-state index is 0.0585. The molecule has 0 saturated carbocycles. The van der Waals surface area contributed by atoms with Crippen molar-refractivity contribution in [1.29, 1.82) is 0 Å². The van der Waals surface area contributed by atoms with Crippen LogP contribution in [0.3, 0.4) is 0 Å². The van der Waals surface area contributed by atoms with Crippen LogP contribution in [0.1, 0.15) is 49.7 Å². The number of hydrogen-bond acceptors (Lipinski definition) is 5. The van der Waals surface area contributed by atoms with Crippen LogP contribution in [0.5, 0.6) is 0 Å². The first-order valence-corrected chi connectivity index (χ1v) is 11.6. The second-order valence-corrected chi connectivity index (χ2v) is 9.43. The third kappa shape index (κ3) is 4.40. The highest BCUT2D eigenvalue weighted by Gasteiger charge is 2.44. The van der Waals surface area contributed by atoms with Crippen molar-refractivity contribution in [2.45, 2.75) is 63.5 Å². The molecule has 4 rings (SSSR count). The zero-order chi connectivity index (χ0) is 21.1. The van der Waals surface area contributed by atoms with Crippen LogP contribution in [-0.4, -0.2) is 52.9 Å². The van der Waals surface area contributed by atoms with Crippen LogP contribution in [0.2, 0.25) is 0 Å². The van der Waals surface area contributed by atoms with Crippen LogP contribution in [-0.2, 0) is 27.2 Å². The number of likely N-dealkylation sites (tertiary alicyclic amines) is 1. The third-order valence-corrected chi connectivity index (χ3v) is 7.42. The van der Waals surface area contributed by atoms with Gasteiger partial charge in [-0.3, -0.25) is 9.59 Å². The Kier molecular flexibility index (Phi) is 6.74. The van der Waals surface area contributed by atoms with Crippen LogP contribution < -0.4 is 5.32 Å². The minimum atomic E-state index is -0.571. The van der Waals surface area contributed by atoms with E-state index in [1.54, 1.807) is 4.90 Å². The normalized spacial score (nSPS) is 28.4. The number of carbonyl (C=O) groups excluding carboxylic acids is 3. The van der Waals surface area contributed by atoms with Gasteiger partial charge in [0.2, 0.25) is 5.91 Å². The number of hydrogen-bond donors (Lipinski definition) is 1. The van der Waals surface area contributed by atoms with E-state index in [9.17, 15) is 14.4 Å². The number of ketones is 1. The Labute approximate surface area is 183 Å². The van der Waals surface area contributed by atoms with E-state index in [1.165, 1.54) is 17.5 Å². The molecule has 1 aromatic carbocycles.